The Bertz CT molecular complexity index is 149. The van der Waals surface area contributed by atoms with Gasteiger partial charge in [0, 0.05) is 19.5 Å². The molecule has 1 saturated heterocycles. The van der Waals surface area contributed by atoms with Crippen molar-refractivity contribution in [3.05, 3.63) is 0 Å². The van der Waals surface area contributed by atoms with Crippen LogP contribution in [-0.2, 0) is 4.79 Å². The topological polar surface area (TPSA) is 60.8 Å². The first kappa shape index (κ1) is 8.49. The van der Waals surface area contributed by atoms with Crippen molar-refractivity contribution in [3.8, 4) is 0 Å². The average Bonchev–Trinajstić information content (AvgIpc) is 2.37. The van der Waals surface area contributed by atoms with Crippen LogP contribution in [0.25, 0.3) is 0 Å². The molecule has 0 saturated carbocycles. The number of hydrogen-bond donors (Lipinski definition) is 2. The molecule has 0 aliphatic carbocycles. The van der Waals surface area contributed by atoms with Gasteiger partial charge in [-0.25, -0.2) is 0 Å². The van der Waals surface area contributed by atoms with E-state index in [4.69, 9.17) is 10.2 Å². The lowest BCUT2D eigenvalue weighted by atomic mass is 10.3. The molecule has 4 nitrogen and oxygen atoms in total. The molecule has 1 aliphatic rings. The van der Waals surface area contributed by atoms with Gasteiger partial charge in [0.05, 0.1) is 12.7 Å². The second-order valence-electron chi connectivity index (χ2n) is 2.78. The highest BCUT2D eigenvalue weighted by atomic mass is 16.3. The molecule has 0 aromatic heterocycles. The van der Waals surface area contributed by atoms with Gasteiger partial charge in [0.25, 0.3) is 0 Å². The first-order valence-electron chi connectivity index (χ1n) is 3.80. The normalized spacial score (nSPS) is 20.9. The second-order valence-corrected chi connectivity index (χ2v) is 2.78. The minimum absolute atomic E-state index is 0.0810. The summed E-state index contributed by atoms with van der Waals surface area (Å²) in [6.45, 7) is 0.717. The minimum atomic E-state index is -0.781. The van der Waals surface area contributed by atoms with Gasteiger partial charge < -0.3 is 15.1 Å². The lowest BCUT2D eigenvalue weighted by Crippen LogP contribution is -2.34. The number of carbonyl (C=O) groups is 1. The van der Waals surface area contributed by atoms with Crippen LogP contribution < -0.4 is 0 Å². The van der Waals surface area contributed by atoms with Gasteiger partial charge in [0.15, 0.2) is 0 Å². The van der Waals surface area contributed by atoms with E-state index in [9.17, 15) is 4.79 Å². The predicted molar refractivity (Wildman–Crippen MR) is 38.9 cm³/mol. The predicted octanol–water partition coefficient (Wildman–Crippen LogP) is -1.04. The Morgan fingerprint density at radius 3 is 2.82 bits per heavy atom. The molecule has 11 heavy (non-hydrogen) atoms. The van der Waals surface area contributed by atoms with Crippen LogP contribution in [0.2, 0.25) is 0 Å². The van der Waals surface area contributed by atoms with Gasteiger partial charge in [-0.05, 0) is 6.42 Å². The third kappa shape index (κ3) is 2.17. The highest BCUT2D eigenvalue weighted by Gasteiger charge is 2.21. The molecule has 2 N–H and O–H groups in total. The standard InChI is InChI=1S/C7H13NO3/c9-5-6(10)4-8-3-1-2-7(8)11/h6,9-10H,1-5H2/t6-/m1/s1. The molecular weight excluding hydrogens is 146 g/mol. The summed E-state index contributed by atoms with van der Waals surface area (Å²) < 4.78 is 0. The van der Waals surface area contributed by atoms with Gasteiger partial charge in [-0.1, -0.05) is 0 Å². The zero-order valence-electron chi connectivity index (χ0n) is 6.36. The maximum Gasteiger partial charge on any atom is 0.222 e. The number of aliphatic hydroxyl groups is 2. The van der Waals surface area contributed by atoms with Crippen LogP contribution in [0.1, 0.15) is 12.8 Å². The molecule has 0 bridgehead atoms. The highest BCUT2D eigenvalue weighted by Crippen LogP contribution is 2.09. The lowest BCUT2D eigenvalue weighted by molar-refractivity contribution is -0.129. The van der Waals surface area contributed by atoms with Gasteiger partial charge in [0.1, 0.15) is 0 Å². The SMILES string of the molecule is O=C1CCCN1C[C@@H](O)CO. The number of nitrogens with zero attached hydrogens (tertiary/aromatic N) is 1. The van der Waals surface area contributed by atoms with Crippen molar-refractivity contribution >= 4 is 5.91 Å². The molecule has 1 fully saturated rings. The monoisotopic (exact) mass is 159 g/mol. The molecule has 0 spiro atoms. The van der Waals surface area contributed by atoms with E-state index < -0.39 is 6.10 Å². The number of aliphatic hydroxyl groups excluding tert-OH is 2. The zero-order chi connectivity index (χ0) is 8.27. The maximum absolute atomic E-state index is 11.0. The largest absolute Gasteiger partial charge is 0.394 e. The Morgan fingerprint density at radius 1 is 1.64 bits per heavy atom. The molecule has 1 atom stereocenters. The molecular formula is C7H13NO3. The van der Waals surface area contributed by atoms with E-state index in [-0.39, 0.29) is 19.1 Å². The van der Waals surface area contributed by atoms with Crippen LogP contribution in [0.4, 0.5) is 0 Å². The fourth-order valence-corrected chi connectivity index (χ4v) is 1.21. The molecule has 1 rings (SSSR count). The molecule has 1 aliphatic heterocycles. The smallest absolute Gasteiger partial charge is 0.222 e. The number of rotatable bonds is 3. The first-order chi connectivity index (χ1) is 5.24. The molecule has 0 radical (unpaired) electrons. The Labute approximate surface area is 65.4 Å². The van der Waals surface area contributed by atoms with E-state index in [1.165, 1.54) is 0 Å². The Kier molecular flexibility index (Phi) is 2.84. The third-order valence-electron chi connectivity index (χ3n) is 1.81. The van der Waals surface area contributed by atoms with E-state index >= 15 is 0 Å². The number of amides is 1. The van der Waals surface area contributed by atoms with E-state index in [1.54, 1.807) is 4.90 Å². The van der Waals surface area contributed by atoms with E-state index in [0.717, 1.165) is 13.0 Å². The summed E-state index contributed by atoms with van der Waals surface area (Å²) in [4.78, 5) is 12.5. The molecule has 0 unspecified atom stereocenters. The van der Waals surface area contributed by atoms with Gasteiger partial charge in [0.2, 0.25) is 5.91 Å². The van der Waals surface area contributed by atoms with Crippen molar-refractivity contribution in [2.45, 2.75) is 18.9 Å². The fourth-order valence-electron chi connectivity index (χ4n) is 1.21. The molecule has 0 aromatic rings. The van der Waals surface area contributed by atoms with Crippen LogP contribution in [-0.4, -0.2) is 46.8 Å². The van der Waals surface area contributed by atoms with Crippen LogP contribution in [0.15, 0.2) is 0 Å². The number of carbonyl (C=O) groups excluding carboxylic acids is 1. The average molecular weight is 159 g/mol. The summed E-state index contributed by atoms with van der Waals surface area (Å²) in [5.74, 6) is 0.0810. The summed E-state index contributed by atoms with van der Waals surface area (Å²) >= 11 is 0. The van der Waals surface area contributed by atoms with Gasteiger partial charge >= 0.3 is 0 Å². The maximum atomic E-state index is 11.0. The molecule has 4 heteroatoms. The Morgan fingerprint density at radius 2 is 2.36 bits per heavy atom. The van der Waals surface area contributed by atoms with Gasteiger partial charge in [-0.3, -0.25) is 4.79 Å². The second kappa shape index (κ2) is 3.69. The van der Waals surface area contributed by atoms with Crippen LogP contribution >= 0.6 is 0 Å². The Balaban J connectivity index is 2.30. The Hall–Kier alpha value is -0.610. The summed E-state index contributed by atoms with van der Waals surface area (Å²) in [6, 6.07) is 0. The van der Waals surface area contributed by atoms with Crippen molar-refractivity contribution in [3.63, 3.8) is 0 Å². The van der Waals surface area contributed by atoms with E-state index in [0.29, 0.717) is 6.42 Å². The molecule has 64 valence electrons. The highest BCUT2D eigenvalue weighted by molar-refractivity contribution is 5.78. The van der Waals surface area contributed by atoms with Gasteiger partial charge in [-0.15, -0.1) is 0 Å². The van der Waals surface area contributed by atoms with Crippen LogP contribution in [0.3, 0.4) is 0 Å². The van der Waals surface area contributed by atoms with Crippen LogP contribution in [0.5, 0.6) is 0 Å². The molecule has 1 heterocycles. The lowest BCUT2D eigenvalue weighted by Gasteiger charge is -2.17. The van der Waals surface area contributed by atoms with Crippen molar-refractivity contribution in [1.29, 1.82) is 0 Å². The summed E-state index contributed by atoms with van der Waals surface area (Å²) in [5, 5.41) is 17.5. The van der Waals surface area contributed by atoms with E-state index in [2.05, 4.69) is 0 Å². The number of likely N-dealkylation sites (tertiary alicyclic amines) is 1. The van der Waals surface area contributed by atoms with E-state index in [1.807, 2.05) is 0 Å². The van der Waals surface area contributed by atoms with Crippen molar-refractivity contribution < 1.29 is 15.0 Å². The molecule has 0 aromatic carbocycles. The van der Waals surface area contributed by atoms with Gasteiger partial charge in [-0.2, -0.15) is 0 Å². The minimum Gasteiger partial charge on any atom is -0.394 e. The van der Waals surface area contributed by atoms with Crippen molar-refractivity contribution in [1.82, 2.24) is 4.90 Å². The fraction of sp³-hybridized carbons (Fsp3) is 0.857. The zero-order valence-corrected chi connectivity index (χ0v) is 6.36. The number of β-amino-alcohol motifs (C(OH)–C–C–N with tert-alkyl or cyclic N) is 1. The summed E-state index contributed by atoms with van der Waals surface area (Å²) in [7, 11) is 0. The van der Waals surface area contributed by atoms with Crippen LogP contribution in [0, 0.1) is 0 Å². The summed E-state index contributed by atoms with van der Waals surface area (Å²) in [5.41, 5.74) is 0. The van der Waals surface area contributed by atoms with Crippen molar-refractivity contribution in [2.24, 2.45) is 0 Å². The first-order valence-corrected chi connectivity index (χ1v) is 3.80. The number of hydrogen-bond acceptors (Lipinski definition) is 3. The quantitative estimate of drug-likeness (QED) is 0.553. The van der Waals surface area contributed by atoms with Crippen molar-refractivity contribution in [2.75, 3.05) is 19.7 Å². The third-order valence-corrected chi connectivity index (χ3v) is 1.81. The molecule has 1 amide bonds. The summed E-state index contributed by atoms with van der Waals surface area (Å²) in [6.07, 6.45) is 0.673.